The largest absolute Gasteiger partial charge is 0.396 e. The van der Waals surface area contributed by atoms with Gasteiger partial charge in [0, 0.05) is 27.7 Å². The van der Waals surface area contributed by atoms with Crippen LogP contribution in [0.1, 0.15) is 32.1 Å². The second-order valence-corrected chi connectivity index (χ2v) is 6.92. The summed E-state index contributed by atoms with van der Waals surface area (Å²) in [4.78, 5) is 12.9. The molecule has 7 heteroatoms. The van der Waals surface area contributed by atoms with Gasteiger partial charge in [0.15, 0.2) is 5.96 Å². The molecular weight excluding hydrogens is 292 g/mol. The van der Waals surface area contributed by atoms with E-state index in [-0.39, 0.29) is 0 Å². The summed E-state index contributed by atoms with van der Waals surface area (Å²) in [7, 11) is 9.60. The first-order valence-corrected chi connectivity index (χ1v) is 8.55. The van der Waals surface area contributed by atoms with Gasteiger partial charge in [-0.05, 0) is 37.3 Å². The average molecular weight is 327 g/mol. The Balaban J connectivity index is 2.42. The third-order valence-electron chi connectivity index (χ3n) is 4.52. The van der Waals surface area contributed by atoms with Crippen LogP contribution in [0, 0.1) is 0 Å². The highest BCUT2D eigenvalue weighted by molar-refractivity contribution is 5.93. The van der Waals surface area contributed by atoms with Crippen LogP contribution in [0.4, 0.5) is 0 Å². The molecule has 0 radical (unpaired) electrons. The van der Waals surface area contributed by atoms with Gasteiger partial charge in [0.2, 0.25) is 0 Å². The number of hydrogen-bond acceptors (Lipinski definition) is 2. The maximum atomic E-state index is 5.87. The number of unbranched alkanes of at least 4 members (excludes halogenated alkanes) is 1. The summed E-state index contributed by atoms with van der Waals surface area (Å²) in [5, 5.41) is 3.97. The normalized spacial score (nSPS) is 18.7. The van der Waals surface area contributed by atoms with Crippen LogP contribution in [0.25, 0.3) is 0 Å². The van der Waals surface area contributed by atoms with Gasteiger partial charge in [0.05, 0.1) is 26.7 Å². The molecule has 1 fully saturated rings. The lowest BCUT2D eigenvalue weighted by atomic mass is 10.1. The molecule has 1 rings (SSSR count). The molecule has 0 aromatic heterocycles. The molecule has 0 atom stereocenters. The van der Waals surface area contributed by atoms with Crippen LogP contribution in [0.3, 0.4) is 0 Å². The molecule has 0 spiro atoms. The molecule has 134 valence electrons. The summed E-state index contributed by atoms with van der Waals surface area (Å²) in [5.41, 5.74) is 5.87. The van der Waals surface area contributed by atoms with Crippen molar-refractivity contribution in [2.75, 3.05) is 61.5 Å². The molecule has 0 saturated carbocycles. The number of hydrogen-bond donors (Lipinski definition) is 1. The molecule has 0 aromatic rings. The van der Waals surface area contributed by atoms with Crippen LogP contribution in [0.5, 0.6) is 0 Å². The topological polar surface area (TPSA) is 66.5 Å². The van der Waals surface area contributed by atoms with E-state index >= 15 is 0 Å². The van der Waals surface area contributed by atoms with E-state index in [0.717, 1.165) is 13.0 Å². The molecule has 2 N–H and O–H groups in total. The first-order valence-electron chi connectivity index (χ1n) is 8.55. The minimum atomic E-state index is 0.416. The fourth-order valence-corrected chi connectivity index (χ4v) is 2.90. The first-order chi connectivity index (χ1) is 10.9. The number of piperidine rings is 1. The summed E-state index contributed by atoms with van der Waals surface area (Å²) in [6, 6.07) is 0. The molecule has 23 heavy (non-hydrogen) atoms. The van der Waals surface area contributed by atoms with Crippen molar-refractivity contribution in [3.05, 3.63) is 0 Å². The highest BCUT2D eigenvalue weighted by atomic mass is 16.6. The maximum Gasteiger partial charge on any atom is 0.265 e. The van der Waals surface area contributed by atoms with E-state index in [4.69, 9.17) is 10.6 Å². The number of guanidine groups is 2. The standard InChI is InChI=1S/C16H35N6O/c1-20(2)15(17)18-16(19-23-5)21(3)11-7-10-14-22(4)12-8-6-9-13-22/h6-14H2,1-5H3,(H2,17,18,19)/q+1. The van der Waals surface area contributed by atoms with Gasteiger partial charge in [-0.3, -0.25) is 0 Å². The Bertz CT molecular complexity index is 401. The van der Waals surface area contributed by atoms with Crippen LogP contribution in [-0.4, -0.2) is 87.7 Å². The van der Waals surface area contributed by atoms with Crippen LogP contribution in [-0.2, 0) is 4.84 Å². The Hall–Kier alpha value is -1.50. The Morgan fingerprint density at radius 3 is 2.35 bits per heavy atom. The number of nitrogens with two attached hydrogens (primary N) is 1. The van der Waals surface area contributed by atoms with Gasteiger partial charge >= 0.3 is 0 Å². The van der Waals surface area contributed by atoms with Gasteiger partial charge in [-0.25, -0.2) is 0 Å². The van der Waals surface area contributed by atoms with Gasteiger partial charge in [-0.2, -0.15) is 4.99 Å². The van der Waals surface area contributed by atoms with Crippen LogP contribution >= 0.6 is 0 Å². The molecule has 7 nitrogen and oxygen atoms in total. The molecule has 0 amide bonds. The van der Waals surface area contributed by atoms with Gasteiger partial charge in [-0.15, -0.1) is 0 Å². The monoisotopic (exact) mass is 327 g/mol. The number of quaternary nitrogens is 1. The van der Waals surface area contributed by atoms with Gasteiger partial charge in [0.1, 0.15) is 7.11 Å². The third kappa shape index (κ3) is 7.07. The summed E-state index contributed by atoms with van der Waals surface area (Å²) < 4.78 is 1.23. The molecule has 1 aliphatic heterocycles. The lowest BCUT2D eigenvalue weighted by Crippen LogP contribution is -2.48. The molecule has 0 unspecified atom stereocenters. The number of aliphatic imine (C=N–C) groups is 1. The van der Waals surface area contributed by atoms with Crippen molar-refractivity contribution in [1.29, 1.82) is 0 Å². The molecular formula is C16H35N6O+. The zero-order valence-corrected chi connectivity index (χ0v) is 15.6. The molecule has 0 bridgehead atoms. The third-order valence-corrected chi connectivity index (χ3v) is 4.52. The average Bonchev–Trinajstić information content (AvgIpc) is 2.51. The van der Waals surface area contributed by atoms with Crippen molar-refractivity contribution < 1.29 is 9.32 Å². The summed E-state index contributed by atoms with van der Waals surface area (Å²) in [5.74, 6) is 0.927. The smallest absolute Gasteiger partial charge is 0.265 e. The lowest BCUT2D eigenvalue weighted by molar-refractivity contribution is -0.914. The number of rotatable bonds is 6. The van der Waals surface area contributed by atoms with Crippen molar-refractivity contribution in [2.45, 2.75) is 32.1 Å². The molecule has 1 saturated heterocycles. The first kappa shape index (κ1) is 19.5. The Morgan fingerprint density at radius 1 is 1.13 bits per heavy atom. The fourth-order valence-electron chi connectivity index (χ4n) is 2.90. The predicted molar refractivity (Wildman–Crippen MR) is 96.3 cm³/mol. The van der Waals surface area contributed by atoms with E-state index in [1.54, 1.807) is 4.90 Å². The van der Waals surface area contributed by atoms with Crippen molar-refractivity contribution in [3.8, 4) is 0 Å². The minimum absolute atomic E-state index is 0.416. The second kappa shape index (κ2) is 9.60. The summed E-state index contributed by atoms with van der Waals surface area (Å²) in [6.45, 7) is 4.81. The van der Waals surface area contributed by atoms with Gasteiger partial charge in [0.25, 0.3) is 5.96 Å². The van der Waals surface area contributed by atoms with Crippen molar-refractivity contribution >= 4 is 11.9 Å². The van der Waals surface area contributed by atoms with Crippen molar-refractivity contribution in [3.63, 3.8) is 0 Å². The predicted octanol–water partition coefficient (Wildman–Crippen LogP) is 1.12. The van der Waals surface area contributed by atoms with E-state index in [0.29, 0.717) is 11.9 Å². The Morgan fingerprint density at radius 2 is 1.78 bits per heavy atom. The van der Waals surface area contributed by atoms with Crippen molar-refractivity contribution in [1.82, 2.24) is 9.80 Å². The van der Waals surface area contributed by atoms with Crippen LogP contribution in [0.2, 0.25) is 0 Å². The maximum absolute atomic E-state index is 5.87. The molecule has 1 aliphatic rings. The Kier molecular flexibility index (Phi) is 8.16. The zero-order valence-electron chi connectivity index (χ0n) is 15.6. The molecule has 1 heterocycles. The van der Waals surface area contributed by atoms with Gasteiger partial charge in [-0.1, -0.05) is 0 Å². The SMILES string of the molecule is CO/N=C(/N=C(\N)N(C)C)N(C)CCCC[N+]1(C)CCCCC1. The highest BCUT2D eigenvalue weighted by Crippen LogP contribution is 2.17. The number of oxime groups is 1. The fraction of sp³-hybridized carbons (Fsp3) is 0.875. The zero-order chi connectivity index (χ0) is 17.3. The van der Waals surface area contributed by atoms with E-state index in [2.05, 4.69) is 17.2 Å². The van der Waals surface area contributed by atoms with E-state index in [9.17, 15) is 0 Å². The molecule has 0 aliphatic carbocycles. The minimum Gasteiger partial charge on any atom is -0.396 e. The van der Waals surface area contributed by atoms with Gasteiger partial charge < -0.3 is 24.9 Å². The Labute approximate surface area is 141 Å². The number of likely N-dealkylation sites (tertiary alicyclic amines) is 1. The van der Waals surface area contributed by atoms with E-state index in [1.165, 1.54) is 56.9 Å². The summed E-state index contributed by atoms with van der Waals surface area (Å²) in [6.07, 6.45) is 6.48. The highest BCUT2D eigenvalue weighted by Gasteiger charge is 2.23. The number of nitrogens with zero attached hydrogens (tertiary/aromatic N) is 5. The molecule has 0 aromatic carbocycles. The quantitative estimate of drug-likeness (QED) is 0.261. The van der Waals surface area contributed by atoms with E-state index in [1.807, 2.05) is 26.0 Å². The van der Waals surface area contributed by atoms with E-state index < -0.39 is 0 Å². The summed E-state index contributed by atoms with van der Waals surface area (Å²) >= 11 is 0. The van der Waals surface area contributed by atoms with Crippen LogP contribution < -0.4 is 5.73 Å². The van der Waals surface area contributed by atoms with Crippen LogP contribution in [0.15, 0.2) is 10.1 Å². The van der Waals surface area contributed by atoms with Crippen molar-refractivity contribution in [2.24, 2.45) is 15.9 Å². The lowest BCUT2D eigenvalue weighted by Gasteiger charge is -2.38. The second-order valence-electron chi connectivity index (χ2n) is 6.92.